The monoisotopic (exact) mass is 260 g/mol. The molecule has 0 spiro atoms. The third kappa shape index (κ3) is 3.82. The first-order valence-corrected chi connectivity index (χ1v) is 7.12. The van der Waals surface area contributed by atoms with E-state index in [4.69, 9.17) is 5.11 Å². The standard InChI is InChI=1S/C16H24N2O/c1-13(2)17-12-14-5-6-16-15(11-14)7-9-18(16)8-3-4-10-19/h5-7,9,11,13,17,19H,3-4,8,10,12H2,1-2H3. The smallest absolute Gasteiger partial charge is 0.0480 e. The number of rotatable bonds is 7. The van der Waals surface area contributed by atoms with Gasteiger partial charge in [0.1, 0.15) is 0 Å². The average molecular weight is 260 g/mol. The zero-order chi connectivity index (χ0) is 13.7. The van der Waals surface area contributed by atoms with Crippen molar-refractivity contribution in [2.24, 2.45) is 0 Å². The lowest BCUT2D eigenvalue weighted by Gasteiger charge is -2.09. The van der Waals surface area contributed by atoms with Crippen LogP contribution in [0.15, 0.2) is 30.5 Å². The molecule has 2 rings (SSSR count). The molecular weight excluding hydrogens is 236 g/mol. The first kappa shape index (κ1) is 14.1. The van der Waals surface area contributed by atoms with Crippen LogP contribution in [0.3, 0.4) is 0 Å². The van der Waals surface area contributed by atoms with Gasteiger partial charge in [-0.15, -0.1) is 0 Å². The Morgan fingerprint density at radius 2 is 2.05 bits per heavy atom. The molecule has 1 aromatic heterocycles. The van der Waals surface area contributed by atoms with Gasteiger partial charge in [-0.05, 0) is 42.0 Å². The van der Waals surface area contributed by atoms with Crippen LogP contribution < -0.4 is 5.32 Å². The van der Waals surface area contributed by atoms with Gasteiger partial charge in [-0.2, -0.15) is 0 Å². The molecule has 1 aromatic carbocycles. The second-order valence-electron chi connectivity index (χ2n) is 5.37. The Labute approximate surface area is 115 Å². The SMILES string of the molecule is CC(C)NCc1ccc2c(ccn2CCCCO)c1. The van der Waals surface area contributed by atoms with Crippen LogP contribution >= 0.6 is 0 Å². The Kier molecular flexibility index (Phi) is 5.00. The van der Waals surface area contributed by atoms with E-state index in [-0.39, 0.29) is 6.61 Å². The third-order valence-corrected chi connectivity index (χ3v) is 3.36. The Balaban J connectivity index is 2.08. The molecule has 3 nitrogen and oxygen atoms in total. The Morgan fingerprint density at radius 1 is 1.21 bits per heavy atom. The molecule has 1 heterocycles. The number of aliphatic hydroxyl groups excluding tert-OH is 1. The number of aliphatic hydroxyl groups is 1. The predicted octanol–water partition coefficient (Wildman–Crippen LogP) is 2.91. The van der Waals surface area contributed by atoms with Gasteiger partial charge >= 0.3 is 0 Å². The largest absolute Gasteiger partial charge is 0.396 e. The molecule has 2 N–H and O–H groups in total. The number of hydrogen-bond acceptors (Lipinski definition) is 2. The van der Waals surface area contributed by atoms with E-state index in [0.29, 0.717) is 6.04 Å². The first-order chi connectivity index (χ1) is 9.20. The molecular formula is C16H24N2O. The van der Waals surface area contributed by atoms with E-state index in [1.165, 1.54) is 16.5 Å². The van der Waals surface area contributed by atoms with Gasteiger partial charge in [-0.3, -0.25) is 0 Å². The van der Waals surface area contributed by atoms with E-state index >= 15 is 0 Å². The van der Waals surface area contributed by atoms with Crippen LogP contribution in [0, 0.1) is 0 Å². The summed E-state index contributed by atoms with van der Waals surface area (Å²) in [5, 5.41) is 13.6. The molecule has 0 fully saturated rings. The number of fused-ring (bicyclic) bond motifs is 1. The highest BCUT2D eigenvalue weighted by molar-refractivity contribution is 5.80. The van der Waals surface area contributed by atoms with Crippen LogP contribution in [-0.2, 0) is 13.1 Å². The highest BCUT2D eigenvalue weighted by Crippen LogP contribution is 2.18. The average Bonchev–Trinajstić information content (AvgIpc) is 2.79. The molecule has 0 radical (unpaired) electrons. The maximum Gasteiger partial charge on any atom is 0.0480 e. The van der Waals surface area contributed by atoms with Gasteiger partial charge in [-0.1, -0.05) is 19.9 Å². The molecule has 0 atom stereocenters. The van der Waals surface area contributed by atoms with E-state index < -0.39 is 0 Å². The van der Waals surface area contributed by atoms with Crippen molar-refractivity contribution in [3.63, 3.8) is 0 Å². The summed E-state index contributed by atoms with van der Waals surface area (Å²) >= 11 is 0. The topological polar surface area (TPSA) is 37.2 Å². The van der Waals surface area contributed by atoms with E-state index in [9.17, 15) is 0 Å². The molecule has 0 saturated carbocycles. The lowest BCUT2D eigenvalue weighted by atomic mass is 10.1. The van der Waals surface area contributed by atoms with Crippen LogP contribution in [0.5, 0.6) is 0 Å². The molecule has 19 heavy (non-hydrogen) atoms. The molecule has 3 heteroatoms. The number of unbranched alkanes of at least 4 members (excludes halogenated alkanes) is 1. The number of aromatic nitrogens is 1. The Morgan fingerprint density at radius 3 is 2.79 bits per heavy atom. The van der Waals surface area contributed by atoms with Gasteiger partial charge in [0, 0.05) is 37.5 Å². The minimum Gasteiger partial charge on any atom is -0.396 e. The van der Waals surface area contributed by atoms with Crippen molar-refractivity contribution in [3.8, 4) is 0 Å². The fourth-order valence-electron chi connectivity index (χ4n) is 2.27. The van der Waals surface area contributed by atoms with E-state index in [1.807, 2.05) is 0 Å². The summed E-state index contributed by atoms with van der Waals surface area (Å²) in [5.41, 5.74) is 2.61. The van der Waals surface area contributed by atoms with Crippen LogP contribution in [0.25, 0.3) is 10.9 Å². The summed E-state index contributed by atoms with van der Waals surface area (Å²) in [6, 6.07) is 9.34. The zero-order valence-corrected chi connectivity index (χ0v) is 11.9. The number of nitrogens with zero attached hydrogens (tertiary/aromatic N) is 1. The van der Waals surface area contributed by atoms with E-state index in [1.54, 1.807) is 0 Å². The molecule has 2 aromatic rings. The third-order valence-electron chi connectivity index (χ3n) is 3.36. The Hall–Kier alpha value is -1.32. The number of benzene rings is 1. The van der Waals surface area contributed by atoms with E-state index in [2.05, 4.69) is 54.2 Å². The van der Waals surface area contributed by atoms with Crippen LogP contribution in [0.1, 0.15) is 32.3 Å². The van der Waals surface area contributed by atoms with Crippen molar-refractivity contribution in [1.29, 1.82) is 0 Å². The summed E-state index contributed by atoms with van der Waals surface area (Å²) in [6.45, 7) is 6.51. The quantitative estimate of drug-likeness (QED) is 0.751. The normalized spacial score (nSPS) is 11.6. The van der Waals surface area contributed by atoms with Crippen LogP contribution in [0.4, 0.5) is 0 Å². The maximum absolute atomic E-state index is 8.83. The molecule has 0 aliphatic rings. The van der Waals surface area contributed by atoms with Crippen molar-refractivity contribution in [2.45, 2.75) is 45.8 Å². The summed E-state index contributed by atoms with van der Waals surface area (Å²) in [5.74, 6) is 0. The summed E-state index contributed by atoms with van der Waals surface area (Å²) in [7, 11) is 0. The summed E-state index contributed by atoms with van der Waals surface area (Å²) in [4.78, 5) is 0. The summed E-state index contributed by atoms with van der Waals surface area (Å²) < 4.78 is 2.27. The van der Waals surface area contributed by atoms with Crippen molar-refractivity contribution in [1.82, 2.24) is 9.88 Å². The molecule has 0 unspecified atom stereocenters. The molecule has 0 bridgehead atoms. The van der Waals surface area contributed by atoms with Gasteiger partial charge in [0.2, 0.25) is 0 Å². The lowest BCUT2D eigenvalue weighted by molar-refractivity contribution is 0.281. The highest BCUT2D eigenvalue weighted by Gasteiger charge is 2.02. The van der Waals surface area contributed by atoms with Crippen molar-refractivity contribution in [2.75, 3.05) is 6.61 Å². The zero-order valence-electron chi connectivity index (χ0n) is 11.9. The van der Waals surface area contributed by atoms with Crippen molar-refractivity contribution >= 4 is 10.9 Å². The van der Waals surface area contributed by atoms with Gasteiger partial charge in [0.25, 0.3) is 0 Å². The lowest BCUT2D eigenvalue weighted by Crippen LogP contribution is -2.21. The van der Waals surface area contributed by atoms with Crippen molar-refractivity contribution < 1.29 is 5.11 Å². The minimum absolute atomic E-state index is 0.282. The second kappa shape index (κ2) is 6.73. The maximum atomic E-state index is 8.83. The Bertz CT molecular complexity index is 516. The van der Waals surface area contributed by atoms with Gasteiger partial charge in [0.05, 0.1) is 0 Å². The number of nitrogens with one attached hydrogen (secondary N) is 1. The van der Waals surface area contributed by atoms with Gasteiger partial charge in [-0.25, -0.2) is 0 Å². The molecule has 0 aliphatic heterocycles. The first-order valence-electron chi connectivity index (χ1n) is 7.12. The fourth-order valence-corrected chi connectivity index (χ4v) is 2.27. The van der Waals surface area contributed by atoms with Crippen LogP contribution in [-0.4, -0.2) is 22.3 Å². The highest BCUT2D eigenvalue weighted by atomic mass is 16.2. The number of hydrogen-bond donors (Lipinski definition) is 2. The van der Waals surface area contributed by atoms with E-state index in [0.717, 1.165) is 25.9 Å². The summed E-state index contributed by atoms with van der Waals surface area (Å²) in [6.07, 6.45) is 4.04. The predicted molar refractivity (Wildman–Crippen MR) is 80.2 cm³/mol. The molecule has 0 saturated heterocycles. The van der Waals surface area contributed by atoms with Crippen LogP contribution in [0.2, 0.25) is 0 Å². The molecule has 104 valence electrons. The minimum atomic E-state index is 0.282. The van der Waals surface area contributed by atoms with Gasteiger partial charge < -0.3 is 15.0 Å². The van der Waals surface area contributed by atoms with Crippen molar-refractivity contribution in [3.05, 3.63) is 36.0 Å². The van der Waals surface area contributed by atoms with Gasteiger partial charge in [0.15, 0.2) is 0 Å². The fraction of sp³-hybridized carbons (Fsp3) is 0.500. The molecule has 0 aliphatic carbocycles. The second-order valence-corrected chi connectivity index (χ2v) is 5.37. The molecule has 0 amide bonds. The number of aryl methyl sites for hydroxylation is 1.